The molecule has 0 amide bonds. The molecule has 1 aromatic rings. The first-order valence-electron chi connectivity index (χ1n) is 16.8. The molecule has 39 heavy (non-hydrogen) atoms. The molecule has 0 aliphatic rings. The van der Waals surface area contributed by atoms with E-state index in [0.29, 0.717) is 30.3 Å². The maximum absolute atomic E-state index is 11.8. The number of benzene rings is 1. The summed E-state index contributed by atoms with van der Waals surface area (Å²) in [5.74, 6) is 1.35. The van der Waals surface area contributed by atoms with Crippen molar-refractivity contribution in [2.75, 3.05) is 13.2 Å². The molecule has 0 aliphatic carbocycles. The van der Waals surface area contributed by atoms with Crippen molar-refractivity contribution in [1.82, 2.24) is 0 Å². The third kappa shape index (κ3) is 22.2. The zero-order valence-corrected chi connectivity index (χ0v) is 26.5. The number of unbranched alkanes of at least 4 members (excludes halogenated alkanes) is 22. The molecule has 3 nitrogen and oxygen atoms in total. The van der Waals surface area contributed by atoms with Gasteiger partial charge in [0.25, 0.3) is 5.24 Å². The first-order valence-corrected chi connectivity index (χ1v) is 17.2. The first kappa shape index (κ1) is 35.8. The smallest absolute Gasteiger partial charge is 0.252 e. The van der Waals surface area contributed by atoms with Crippen molar-refractivity contribution in [3.63, 3.8) is 0 Å². The van der Waals surface area contributed by atoms with E-state index in [1.54, 1.807) is 12.1 Å². The first-order chi connectivity index (χ1) is 19.2. The fourth-order valence-corrected chi connectivity index (χ4v) is 5.23. The van der Waals surface area contributed by atoms with E-state index in [-0.39, 0.29) is 0 Å². The van der Waals surface area contributed by atoms with Crippen LogP contribution in [0.4, 0.5) is 0 Å². The van der Waals surface area contributed by atoms with E-state index in [9.17, 15) is 4.79 Å². The number of carbonyl (C=O) groups excluding carboxylic acids is 1. The topological polar surface area (TPSA) is 35.5 Å². The molecule has 0 unspecified atom stereocenters. The maximum atomic E-state index is 11.8. The van der Waals surface area contributed by atoms with Crippen molar-refractivity contribution < 1.29 is 14.3 Å². The van der Waals surface area contributed by atoms with Crippen molar-refractivity contribution in [2.45, 2.75) is 168 Å². The molecule has 226 valence electrons. The molecule has 0 N–H and O–H groups in total. The highest BCUT2D eigenvalue weighted by molar-refractivity contribution is 6.67. The van der Waals surface area contributed by atoms with Crippen LogP contribution >= 0.6 is 11.6 Å². The number of halogens is 1. The van der Waals surface area contributed by atoms with Crippen molar-refractivity contribution in [3.05, 3.63) is 23.8 Å². The average molecular weight is 565 g/mol. The Balaban J connectivity index is 2.11. The molecule has 0 aliphatic heterocycles. The van der Waals surface area contributed by atoms with Gasteiger partial charge >= 0.3 is 0 Å². The van der Waals surface area contributed by atoms with Crippen LogP contribution in [-0.4, -0.2) is 18.5 Å². The van der Waals surface area contributed by atoms with Crippen molar-refractivity contribution in [2.24, 2.45) is 0 Å². The van der Waals surface area contributed by atoms with Gasteiger partial charge in [-0.1, -0.05) is 155 Å². The van der Waals surface area contributed by atoms with Crippen molar-refractivity contribution >= 4 is 16.8 Å². The molecule has 0 saturated carbocycles. The molecular weight excluding hydrogens is 504 g/mol. The van der Waals surface area contributed by atoms with Gasteiger partial charge in [0.15, 0.2) is 0 Å². The molecule has 0 atom stereocenters. The number of ether oxygens (including phenoxy) is 2. The number of hydrogen-bond donors (Lipinski definition) is 0. The number of carbonyl (C=O) groups is 1. The van der Waals surface area contributed by atoms with Gasteiger partial charge in [0.05, 0.1) is 13.2 Å². The highest BCUT2D eigenvalue weighted by atomic mass is 35.5. The molecule has 0 spiro atoms. The SMILES string of the molecule is CCCCCCCCCCCCCCOc1cc(OCCCCCCCCCCCCCC)cc(C(=O)Cl)c1. The predicted molar refractivity (Wildman–Crippen MR) is 170 cm³/mol. The van der Waals surface area contributed by atoms with Gasteiger partial charge in [0, 0.05) is 11.6 Å². The van der Waals surface area contributed by atoms with Gasteiger partial charge in [0.2, 0.25) is 0 Å². The second-order valence-electron chi connectivity index (χ2n) is 11.4. The Morgan fingerprint density at radius 2 is 0.769 bits per heavy atom. The van der Waals surface area contributed by atoms with Crippen LogP contribution in [0.15, 0.2) is 18.2 Å². The zero-order valence-electron chi connectivity index (χ0n) is 25.7. The van der Waals surface area contributed by atoms with Gasteiger partial charge in [-0.2, -0.15) is 0 Å². The van der Waals surface area contributed by atoms with E-state index in [1.807, 2.05) is 6.07 Å². The third-order valence-electron chi connectivity index (χ3n) is 7.64. The Morgan fingerprint density at radius 3 is 1.05 bits per heavy atom. The van der Waals surface area contributed by atoms with E-state index in [1.165, 1.54) is 141 Å². The molecule has 1 rings (SSSR count). The van der Waals surface area contributed by atoms with Crippen LogP contribution in [0.5, 0.6) is 11.5 Å². The summed E-state index contributed by atoms with van der Waals surface area (Å²) in [6.45, 7) is 5.87. The summed E-state index contributed by atoms with van der Waals surface area (Å²) in [7, 11) is 0. The summed E-state index contributed by atoms with van der Waals surface area (Å²) in [6.07, 6.45) is 31.8. The Hall–Kier alpha value is -1.22. The number of rotatable bonds is 29. The van der Waals surface area contributed by atoms with E-state index < -0.39 is 5.24 Å². The van der Waals surface area contributed by atoms with Crippen LogP contribution in [0.25, 0.3) is 0 Å². The van der Waals surface area contributed by atoms with Crippen molar-refractivity contribution in [3.8, 4) is 11.5 Å². The lowest BCUT2D eigenvalue weighted by Gasteiger charge is -2.11. The lowest BCUT2D eigenvalue weighted by Crippen LogP contribution is -2.02. The summed E-state index contributed by atoms with van der Waals surface area (Å²) < 4.78 is 11.9. The molecule has 0 heterocycles. The largest absolute Gasteiger partial charge is 0.493 e. The molecule has 0 radical (unpaired) electrons. The van der Waals surface area contributed by atoms with Crippen LogP contribution in [0.1, 0.15) is 178 Å². The van der Waals surface area contributed by atoms with E-state index >= 15 is 0 Å². The second-order valence-corrected chi connectivity index (χ2v) is 11.8. The lowest BCUT2D eigenvalue weighted by molar-refractivity contribution is 0.108. The van der Waals surface area contributed by atoms with Gasteiger partial charge in [-0.25, -0.2) is 0 Å². The highest BCUT2D eigenvalue weighted by Gasteiger charge is 2.09. The summed E-state index contributed by atoms with van der Waals surface area (Å²) in [4.78, 5) is 11.8. The minimum atomic E-state index is -0.471. The molecule has 4 heteroatoms. The average Bonchev–Trinajstić information content (AvgIpc) is 2.93. The standard InChI is InChI=1S/C35H61ClO3/c1-3-5-7-9-11-13-15-17-19-21-23-25-27-38-33-29-32(35(36)37)30-34(31-33)39-28-26-24-22-20-18-16-14-12-10-8-6-4-2/h29-31H,3-28H2,1-2H3. The van der Waals surface area contributed by atoms with Crippen LogP contribution in [0, 0.1) is 0 Å². The Morgan fingerprint density at radius 1 is 0.487 bits per heavy atom. The summed E-state index contributed by atoms with van der Waals surface area (Å²) >= 11 is 5.77. The van der Waals surface area contributed by atoms with E-state index in [0.717, 1.165) is 12.8 Å². The normalized spacial score (nSPS) is 11.2. The van der Waals surface area contributed by atoms with Gasteiger partial charge in [0.1, 0.15) is 11.5 Å². The third-order valence-corrected chi connectivity index (χ3v) is 7.86. The van der Waals surface area contributed by atoms with Gasteiger partial charge in [-0.3, -0.25) is 4.79 Å². The van der Waals surface area contributed by atoms with Gasteiger partial charge < -0.3 is 9.47 Å². The van der Waals surface area contributed by atoms with Gasteiger partial charge in [-0.05, 0) is 36.6 Å². The molecule has 0 saturated heterocycles. The maximum Gasteiger partial charge on any atom is 0.252 e. The second kappa shape index (κ2) is 27.0. The molecule has 0 aromatic heterocycles. The van der Waals surface area contributed by atoms with Crippen LogP contribution in [0.3, 0.4) is 0 Å². The predicted octanol–water partition coefficient (Wildman–Crippen LogP) is 12.2. The molecule has 1 aromatic carbocycles. The monoisotopic (exact) mass is 564 g/mol. The van der Waals surface area contributed by atoms with Gasteiger partial charge in [-0.15, -0.1) is 0 Å². The molecular formula is C35H61ClO3. The number of hydrogen-bond acceptors (Lipinski definition) is 3. The molecule has 0 bridgehead atoms. The van der Waals surface area contributed by atoms with E-state index in [2.05, 4.69) is 13.8 Å². The molecule has 0 fully saturated rings. The van der Waals surface area contributed by atoms with Crippen LogP contribution in [0.2, 0.25) is 0 Å². The van der Waals surface area contributed by atoms with Crippen LogP contribution in [-0.2, 0) is 0 Å². The Labute approximate surface area is 247 Å². The minimum absolute atomic E-state index is 0.438. The fourth-order valence-electron chi connectivity index (χ4n) is 5.12. The van der Waals surface area contributed by atoms with E-state index in [4.69, 9.17) is 21.1 Å². The van der Waals surface area contributed by atoms with Crippen LogP contribution < -0.4 is 9.47 Å². The minimum Gasteiger partial charge on any atom is -0.493 e. The Kier molecular flexibility index (Phi) is 24.8. The summed E-state index contributed by atoms with van der Waals surface area (Å²) in [6, 6.07) is 5.35. The summed E-state index contributed by atoms with van der Waals surface area (Å²) in [5, 5.41) is -0.471. The fraction of sp³-hybridized carbons (Fsp3) is 0.800. The highest BCUT2D eigenvalue weighted by Crippen LogP contribution is 2.25. The summed E-state index contributed by atoms with van der Waals surface area (Å²) in [5.41, 5.74) is 0.438. The zero-order chi connectivity index (χ0) is 28.2. The lowest BCUT2D eigenvalue weighted by atomic mass is 10.1. The quantitative estimate of drug-likeness (QED) is 0.0716. The van der Waals surface area contributed by atoms with Crippen molar-refractivity contribution in [1.29, 1.82) is 0 Å². The Bertz CT molecular complexity index is 642.